The fourth-order valence-electron chi connectivity index (χ4n) is 3.67. The molecule has 0 amide bonds. The van der Waals surface area contributed by atoms with Crippen LogP contribution in [0.3, 0.4) is 0 Å². The van der Waals surface area contributed by atoms with Gasteiger partial charge in [-0.3, -0.25) is 4.98 Å². The van der Waals surface area contributed by atoms with E-state index in [0.717, 1.165) is 28.5 Å². The molecule has 0 unspecified atom stereocenters. The molecule has 3 heteroatoms. The molecule has 0 saturated heterocycles. The van der Waals surface area contributed by atoms with Crippen LogP contribution in [0.25, 0.3) is 32.4 Å². The zero-order valence-electron chi connectivity index (χ0n) is 15.4. The summed E-state index contributed by atoms with van der Waals surface area (Å²) in [5.74, 6) is 1.73. The van der Waals surface area contributed by atoms with E-state index >= 15 is 0 Å². The molecule has 1 aromatic heterocycles. The minimum Gasteiger partial charge on any atom is -0.376 e. The number of para-hydroxylation sites is 1. The normalized spacial score (nSPS) is 11.3. The van der Waals surface area contributed by atoms with Gasteiger partial charge in [0.2, 0.25) is 0 Å². The van der Waals surface area contributed by atoms with Crippen molar-refractivity contribution in [2.24, 2.45) is 0 Å². The molecule has 0 aliphatic carbocycles. The predicted molar refractivity (Wildman–Crippen MR) is 123 cm³/mol. The van der Waals surface area contributed by atoms with Gasteiger partial charge in [0.25, 0.3) is 0 Å². The second-order valence-corrected chi connectivity index (χ2v) is 7.84. The average molecular weight is 381 g/mol. The predicted octanol–water partition coefficient (Wildman–Crippen LogP) is 6.84. The van der Waals surface area contributed by atoms with Crippen molar-refractivity contribution in [2.75, 3.05) is 11.2 Å². The summed E-state index contributed by atoms with van der Waals surface area (Å²) >= 11 is 1.86. The highest BCUT2D eigenvalue weighted by Crippen LogP contribution is 2.28. The van der Waals surface area contributed by atoms with Crippen LogP contribution in [0.4, 0.5) is 5.69 Å². The van der Waals surface area contributed by atoms with E-state index in [9.17, 15) is 0 Å². The Morgan fingerprint density at radius 1 is 0.679 bits per heavy atom. The van der Waals surface area contributed by atoms with Gasteiger partial charge in [0.15, 0.2) is 0 Å². The Morgan fingerprint density at radius 3 is 2.29 bits per heavy atom. The number of nitrogens with one attached hydrogen (secondary N) is 1. The Morgan fingerprint density at radius 2 is 1.39 bits per heavy atom. The van der Waals surface area contributed by atoms with Crippen LogP contribution in [-0.4, -0.2) is 10.9 Å². The van der Waals surface area contributed by atoms with Crippen molar-refractivity contribution < 1.29 is 0 Å². The van der Waals surface area contributed by atoms with Crippen molar-refractivity contribution in [3.8, 4) is 0 Å². The first-order chi connectivity index (χ1) is 13.9. The number of rotatable bonds is 5. The zero-order valence-corrected chi connectivity index (χ0v) is 16.2. The Bertz CT molecular complexity index is 1280. The second-order valence-electron chi connectivity index (χ2n) is 6.85. The second kappa shape index (κ2) is 7.53. The molecule has 5 aromatic rings. The summed E-state index contributed by atoms with van der Waals surface area (Å²) in [4.78, 5) is 4.94. The summed E-state index contributed by atoms with van der Waals surface area (Å²) in [5, 5.41) is 9.82. The molecule has 0 radical (unpaired) electrons. The molecule has 0 aliphatic heterocycles. The lowest BCUT2D eigenvalue weighted by Gasteiger charge is -2.11. The molecule has 0 bridgehead atoms. The van der Waals surface area contributed by atoms with Gasteiger partial charge in [0, 0.05) is 22.2 Å². The van der Waals surface area contributed by atoms with Crippen molar-refractivity contribution in [1.29, 1.82) is 0 Å². The first kappa shape index (κ1) is 17.1. The zero-order chi connectivity index (χ0) is 18.8. The van der Waals surface area contributed by atoms with Gasteiger partial charge in [-0.05, 0) is 34.4 Å². The first-order valence-corrected chi connectivity index (χ1v) is 10.6. The Hall–Kier alpha value is -3.04. The van der Waals surface area contributed by atoms with E-state index in [1.165, 1.54) is 26.9 Å². The third-order valence-electron chi connectivity index (χ3n) is 5.05. The fourth-order valence-corrected chi connectivity index (χ4v) is 4.45. The van der Waals surface area contributed by atoms with Gasteiger partial charge in [0.1, 0.15) is 0 Å². The third kappa shape index (κ3) is 3.30. The highest BCUT2D eigenvalue weighted by atomic mass is 32.2. The standard InChI is InChI=1S/C25H20N2S/c1-2-8-19-15-20(14-13-18(19)7-1)26-17-28-16-25-23-11-4-3-9-21(23)22-10-5-6-12-24(22)27-25/h1-15,26H,16-17H2. The molecule has 1 heterocycles. The summed E-state index contributed by atoms with van der Waals surface area (Å²) in [5.41, 5.74) is 3.38. The smallest absolute Gasteiger partial charge is 0.0712 e. The summed E-state index contributed by atoms with van der Waals surface area (Å²) in [6.45, 7) is 0. The molecular weight excluding hydrogens is 360 g/mol. The van der Waals surface area contributed by atoms with Gasteiger partial charge in [-0.1, -0.05) is 72.8 Å². The number of aromatic nitrogens is 1. The molecule has 0 atom stereocenters. The largest absolute Gasteiger partial charge is 0.376 e. The number of nitrogens with zero attached hydrogens (tertiary/aromatic N) is 1. The van der Waals surface area contributed by atoms with E-state index in [4.69, 9.17) is 4.98 Å². The highest BCUT2D eigenvalue weighted by molar-refractivity contribution is 7.98. The minimum atomic E-state index is 0.848. The van der Waals surface area contributed by atoms with E-state index in [-0.39, 0.29) is 0 Å². The monoisotopic (exact) mass is 380 g/mol. The van der Waals surface area contributed by atoms with E-state index in [1.54, 1.807) is 0 Å². The Labute approximate surface area is 168 Å². The van der Waals surface area contributed by atoms with Crippen LogP contribution in [0.2, 0.25) is 0 Å². The number of pyridine rings is 1. The van der Waals surface area contributed by atoms with Gasteiger partial charge in [-0.25, -0.2) is 0 Å². The summed E-state index contributed by atoms with van der Waals surface area (Å²) in [6, 6.07) is 31.9. The molecule has 4 aromatic carbocycles. The maximum absolute atomic E-state index is 4.94. The lowest BCUT2D eigenvalue weighted by molar-refractivity contribution is 1.25. The Balaban J connectivity index is 1.34. The molecule has 1 N–H and O–H groups in total. The molecule has 136 valence electrons. The summed E-state index contributed by atoms with van der Waals surface area (Å²) < 4.78 is 0. The lowest BCUT2D eigenvalue weighted by Crippen LogP contribution is -1.99. The number of hydrogen-bond acceptors (Lipinski definition) is 3. The number of anilines is 1. The van der Waals surface area contributed by atoms with Gasteiger partial charge in [-0.2, -0.15) is 0 Å². The summed E-state index contributed by atoms with van der Waals surface area (Å²) in [7, 11) is 0. The Kier molecular flexibility index (Phi) is 4.59. The number of benzene rings is 4. The van der Waals surface area contributed by atoms with Gasteiger partial charge in [-0.15, -0.1) is 11.8 Å². The lowest BCUT2D eigenvalue weighted by atomic mass is 10.0. The van der Waals surface area contributed by atoms with E-state index in [2.05, 4.69) is 96.3 Å². The van der Waals surface area contributed by atoms with Crippen molar-refractivity contribution in [3.63, 3.8) is 0 Å². The van der Waals surface area contributed by atoms with Crippen molar-refractivity contribution in [3.05, 3.63) is 96.7 Å². The van der Waals surface area contributed by atoms with Crippen LogP contribution in [0.1, 0.15) is 5.69 Å². The topological polar surface area (TPSA) is 24.9 Å². The van der Waals surface area contributed by atoms with Gasteiger partial charge >= 0.3 is 0 Å². The third-order valence-corrected chi connectivity index (χ3v) is 5.88. The average Bonchev–Trinajstić information content (AvgIpc) is 2.76. The first-order valence-electron chi connectivity index (χ1n) is 9.45. The molecule has 0 spiro atoms. The van der Waals surface area contributed by atoms with Crippen LogP contribution in [0, 0.1) is 0 Å². The molecular formula is C25H20N2S. The molecule has 0 fully saturated rings. The maximum atomic E-state index is 4.94. The maximum Gasteiger partial charge on any atom is 0.0712 e. The van der Waals surface area contributed by atoms with Crippen molar-refractivity contribution in [2.45, 2.75) is 5.75 Å². The van der Waals surface area contributed by atoms with Crippen LogP contribution in [-0.2, 0) is 5.75 Å². The van der Waals surface area contributed by atoms with E-state index < -0.39 is 0 Å². The van der Waals surface area contributed by atoms with Crippen molar-refractivity contribution >= 4 is 49.9 Å². The van der Waals surface area contributed by atoms with Crippen LogP contribution in [0.15, 0.2) is 91.0 Å². The number of thioether (sulfide) groups is 1. The molecule has 28 heavy (non-hydrogen) atoms. The van der Waals surface area contributed by atoms with Crippen LogP contribution >= 0.6 is 11.8 Å². The number of fused-ring (bicyclic) bond motifs is 4. The van der Waals surface area contributed by atoms with Crippen LogP contribution < -0.4 is 5.32 Å². The highest BCUT2D eigenvalue weighted by Gasteiger charge is 2.07. The summed E-state index contributed by atoms with van der Waals surface area (Å²) in [6.07, 6.45) is 0. The van der Waals surface area contributed by atoms with Gasteiger partial charge in [0.05, 0.1) is 17.1 Å². The molecule has 5 rings (SSSR count). The quantitative estimate of drug-likeness (QED) is 0.205. The SMILES string of the molecule is c1ccc2cc(NCSCc3nc4ccccc4c4ccccc34)ccc2c1. The molecule has 2 nitrogen and oxygen atoms in total. The van der Waals surface area contributed by atoms with E-state index in [0.29, 0.717) is 0 Å². The fraction of sp³-hybridized carbons (Fsp3) is 0.0800. The minimum absolute atomic E-state index is 0.848. The van der Waals surface area contributed by atoms with Crippen molar-refractivity contribution in [1.82, 2.24) is 4.98 Å². The number of hydrogen-bond donors (Lipinski definition) is 1. The molecule has 0 aliphatic rings. The van der Waals surface area contributed by atoms with Gasteiger partial charge < -0.3 is 5.32 Å². The molecule has 0 saturated carbocycles. The van der Waals surface area contributed by atoms with Crippen LogP contribution in [0.5, 0.6) is 0 Å². The van der Waals surface area contributed by atoms with E-state index in [1.807, 2.05) is 11.8 Å².